The SMILES string of the molecule is CCNCc1ccc(S(=O)(=O)N(C)CCC(F)(F)F)cc1. The Labute approximate surface area is 123 Å². The first-order valence-electron chi connectivity index (χ1n) is 6.49. The lowest BCUT2D eigenvalue weighted by molar-refractivity contribution is -0.135. The highest BCUT2D eigenvalue weighted by atomic mass is 32.2. The summed E-state index contributed by atoms with van der Waals surface area (Å²) in [6.07, 6.45) is -5.54. The van der Waals surface area contributed by atoms with E-state index in [2.05, 4.69) is 5.32 Å². The maximum absolute atomic E-state index is 12.1. The molecule has 1 aromatic carbocycles. The molecule has 0 spiro atoms. The predicted octanol–water partition coefficient (Wildman–Crippen LogP) is 2.37. The molecule has 0 aromatic heterocycles. The van der Waals surface area contributed by atoms with E-state index >= 15 is 0 Å². The molecule has 0 saturated carbocycles. The molecular weight excluding hydrogens is 305 g/mol. The van der Waals surface area contributed by atoms with E-state index in [1.807, 2.05) is 6.92 Å². The van der Waals surface area contributed by atoms with Crippen LogP contribution < -0.4 is 5.32 Å². The summed E-state index contributed by atoms with van der Waals surface area (Å²) in [6.45, 7) is 2.76. The lowest BCUT2D eigenvalue weighted by atomic mass is 10.2. The van der Waals surface area contributed by atoms with E-state index in [-0.39, 0.29) is 4.90 Å². The lowest BCUT2D eigenvalue weighted by Crippen LogP contribution is -2.30. The fraction of sp³-hybridized carbons (Fsp3) is 0.538. The molecule has 0 aliphatic carbocycles. The Hall–Kier alpha value is -1.12. The molecule has 21 heavy (non-hydrogen) atoms. The Bertz CT molecular complexity index is 542. The van der Waals surface area contributed by atoms with E-state index < -0.39 is 29.2 Å². The second-order valence-corrected chi connectivity index (χ2v) is 6.66. The molecule has 0 amide bonds. The van der Waals surface area contributed by atoms with Crippen LogP contribution in [0.1, 0.15) is 18.9 Å². The van der Waals surface area contributed by atoms with Crippen LogP contribution in [0, 0.1) is 0 Å². The van der Waals surface area contributed by atoms with Crippen LogP contribution in [-0.4, -0.2) is 39.0 Å². The van der Waals surface area contributed by atoms with E-state index in [1.54, 1.807) is 12.1 Å². The zero-order chi connectivity index (χ0) is 16.1. The van der Waals surface area contributed by atoms with Crippen LogP contribution in [-0.2, 0) is 16.6 Å². The Morgan fingerprint density at radius 3 is 2.24 bits per heavy atom. The van der Waals surface area contributed by atoms with E-state index in [9.17, 15) is 21.6 Å². The summed E-state index contributed by atoms with van der Waals surface area (Å²) in [5, 5.41) is 3.10. The minimum absolute atomic E-state index is 0.00702. The Morgan fingerprint density at radius 2 is 1.76 bits per heavy atom. The van der Waals surface area contributed by atoms with Crippen molar-refractivity contribution in [3.63, 3.8) is 0 Å². The van der Waals surface area contributed by atoms with Gasteiger partial charge in [0.2, 0.25) is 10.0 Å². The van der Waals surface area contributed by atoms with Gasteiger partial charge in [-0.1, -0.05) is 19.1 Å². The monoisotopic (exact) mass is 324 g/mol. The van der Waals surface area contributed by atoms with Crippen LogP contribution in [0.15, 0.2) is 29.2 Å². The highest BCUT2D eigenvalue weighted by Gasteiger charge is 2.30. The molecule has 4 nitrogen and oxygen atoms in total. The number of hydrogen-bond donors (Lipinski definition) is 1. The third-order valence-electron chi connectivity index (χ3n) is 2.92. The molecular formula is C13H19F3N2O2S. The second-order valence-electron chi connectivity index (χ2n) is 4.62. The summed E-state index contributed by atoms with van der Waals surface area (Å²) in [6, 6.07) is 6.11. The molecule has 0 atom stereocenters. The van der Waals surface area contributed by atoms with Crippen molar-refractivity contribution in [1.29, 1.82) is 0 Å². The molecule has 0 bridgehead atoms. The largest absolute Gasteiger partial charge is 0.390 e. The van der Waals surface area contributed by atoms with Crippen molar-refractivity contribution in [2.24, 2.45) is 0 Å². The number of nitrogens with zero attached hydrogens (tertiary/aromatic N) is 1. The van der Waals surface area contributed by atoms with Crippen molar-refractivity contribution in [1.82, 2.24) is 9.62 Å². The van der Waals surface area contributed by atoms with Gasteiger partial charge in [0.15, 0.2) is 0 Å². The number of sulfonamides is 1. The van der Waals surface area contributed by atoms with Gasteiger partial charge in [-0.15, -0.1) is 0 Å². The van der Waals surface area contributed by atoms with Crippen LogP contribution >= 0.6 is 0 Å². The van der Waals surface area contributed by atoms with Crippen molar-refractivity contribution in [3.05, 3.63) is 29.8 Å². The van der Waals surface area contributed by atoms with Crippen molar-refractivity contribution in [3.8, 4) is 0 Å². The van der Waals surface area contributed by atoms with Gasteiger partial charge in [0.25, 0.3) is 0 Å². The molecule has 0 aliphatic heterocycles. The molecule has 8 heteroatoms. The molecule has 0 fully saturated rings. The molecule has 0 aliphatic rings. The van der Waals surface area contributed by atoms with E-state index in [0.29, 0.717) is 6.54 Å². The van der Waals surface area contributed by atoms with Crippen LogP contribution in [0.2, 0.25) is 0 Å². The van der Waals surface area contributed by atoms with Crippen LogP contribution in [0.4, 0.5) is 13.2 Å². The fourth-order valence-corrected chi connectivity index (χ4v) is 2.80. The van der Waals surface area contributed by atoms with Gasteiger partial charge in [0, 0.05) is 20.1 Å². The molecule has 1 aromatic rings. The predicted molar refractivity (Wildman–Crippen MR) is 74.3 cm³/mol. The minimum Gasteiger partial charge on any atom is -0.313 e. The van der Waals surface area contributed by atoms with Crippen molar-refractivity contribution in [2.75, 3.05) is 20.1 Å². The van der Waals surface area contributed by atoms with Gasteiger partial charge in [-0.2, -0.15) is 13.2 Å². The number of halogens is 3. The number of nitrogens with one attached hydrogen (secondary N) is 1. The molecule has 120 valence electrons. The summed E-state index contributed by atoms with van der Waals surface area (Å²) in [4.78, 5) is -0.00702. The van der Waals surface area contributed by atoms with Gasteiger partial charge in [-0.25, -0.2) is 12.7 Å². The molecule has 0 heterocycles. The highest BCUT2D eigenvalue weighted by Crippen LogP contribution is 2.22. The van der Waals surface area contributed by atoms with E-state index in [0.717, 1.165) is 23.5 Å². The first-order chi connectivity index (χ1) is 9.66. The Balaban J connectivity index is 2.77. The van der Waals surface area contributed by atoms with Crippen LogP contribution in [0.5, 0.6) is 0 Å². The average molecular weight is 324 g/mol. The Kier molecular flexibility index (Phi) is 6.18. The van der Waals surface area contributed by atoms with Crippen LogP contribution in [0.3, 0.4) is 0 Å². The zero-order valence-electron chi connectivity index (χ0n) is 11.9. The van der Waals surface area contributed by atoms with Crippen molar-refractivity contribution in [2.45, 2.75) is 31.0 Å². The molecule has 0 radical (unpaired) electrons. The van der Waals surface area contributed by atoms with Gasteiger partial charge in [-0.3, -0.25) is 0 Å². The third-order valence-corrected chi connectivity index (χ3v) is 4.79. The molecule has 0 saturated heterocycles. The van der Waals surface area contributed by atoms with Gasteiger partial charge in [0.05, 0.1) is 11.3 Å². The number of hydrogen-bond acceptors (Lipinski definition) is 3. The number of alkyl halides is 3. The topological polar surface area (TPSA) is 49.4 Å². The van der Waals surface area contributed by atoms with Crippen molar-refractivity contribution >= 4 is 10.0 Å². The van der Waals surface area contributed by atoms with Gasteiger partial charge in [-0.05, 0) is 24.2 Å². The molecule has 0 unspecified atom stereocenters. The standard InChI is InChI=1S/C13H19F3N2O2S/c1-3-17-10-11-4-6-12(7-5-11)21(19,20)18(2)9-8-13(14,15)16/h4-7,17H,3,8-10H2,1-2H3. The summed E-state index contributed by atoms with van der Waals surface area (Å²) in [5.74, 6) is 0. The van der Waals surface area contributed by atoms with Crippen LogP contribution in [0.25, 0.3) is 0 Å². The smallest absolute Gasteiger partial charge is 0.313 e. The normalized spacial score (nSPS) is 12.9. The van der Waals surface area contributed by atoms with E-state index in [1.165, 1.54) is 12.1 Å². The van der Waals surface area contributed by atoms with Crippen molar-refractivity contribution < 1.29 is 21.6 Å². The number of benzene rings is 1. The molecule has 1 N–H and O–H groups in total. The van der Waals surface area contributed by atoms with Gasteiger partial charge >= 0.3 is 6.18 Å². The first kappa shape index (κ1) is 17.9. The summed E-state index contributed by atoms with van der Waals surface area (Å²) in [5.41, 5.74) is 0.911. The fourth-order valence-electron chi connectivity index (χ4n) is 1.63. The van der Waals surface area contributed by atoms with E-state index in [4.69, 9.17) is 0 Å². The third kappa shape index (κ3) is 5.64. The summed E-state index contributed by atoms with van der Waals surface area (Å²) < 4.78 is 61.4. The first-order valence-corrected chi connectivity index (χ1v) is 7.93. The minimum atomic E-state index is -4.38. The quantitative estimate of drug-likeness (QED) is 0.838. The second kappa shape index (κ2) is 7.24. The summed E-state index contributed by atoms with van der Waals surface area (Å²) in [7, 11) is -2.74. The molecule has 1 rings (SSSR count). The summed E-state index contributed by atoms with van der Waals surface area (Å²) >= 11 is 0. The highest BCUT2D eigenvalue weighted by molar-refractivity contribution is 7.89. The van der Waals surface area contributed by atoms with Gasteiger partial charge < -0.3 is 5.32 Å². The van der Waals surface area contributed by atoms with Gasteiger partial charge in [0.1, 0.15) is 0 Å². The number of rotatable bonds is 7. The maximum atomic E-state index is 12.1. The lowest BCUT2D eigenvalue weighted by Gasteiger charge is -2.18. The maximum Gasteiger partial charge on any atom is 0.390 e. The average Bonchev–Trinajstić information content (AvgIpc) is 2.42. The Morgan fingerprint density at radius 1 is 1.19 bits per heavy atom. The zero-order valence-corrected chi connectivity index (χ0v) is 12.8.